The van der Waals surface area contributed by atoms with Crippen molar-refractivity contribution in [3.8, 4) is 0 Å². The Bertz CT molecular complexity index is 436. The van der Waals surface area contributed by atoms with Gasteiger partial charge in [-0.1, -0.05) is 34.1 Å². The van der Waals surface area contributed by atoms with Crippen LogP contribution in [0.1, 0.15) is 19.4 Å². The second kappa shape index (κ2) is 4.15. The maximum Gasteiger partial charge on any atom is 0.189 e. The molecule has 2 atom stereocenters. The lowest BCUT2D eigenvalue weighted by molar-refractivity contribution is -0.118. The van der Waals surface area contributed by atoms with Gasteiger partial charge in [0.1, 0.15) is 0 Å². The lowest BCUT2D eigenvalue weighted by Gasteiger charge is -1.99. The quantitative estimate of drug-likeness (QED) is 0.629. The molecule has 16 heavy (non-hydrogen) atoms. The highest BCUT2D eigenvalue weighted by molar-refractivity contribution is 9.10. The third kappa shape index (κ3) is 2.25. The third-order valence-electron chi connectivity index (χ3n) is 2.93. The molecule has 1 fully saturated rings. The van der Waals surface area contributed by atoms with Crippen molar-refractivity contribution in [3.05, 3.63) is 40.4 Å². The normalized spacial score (nSPS) is 28.3. The summed E-state index contributed by atoms with van der Waals surface area (Å²) in [6, 6.07) is 7.80. The zero-order valence-corrected chi connectivity index (χ0v) is 10.8. The monoisotopic (exact) mass is 280 g/mol. The van der Waals surface area contributed by atoms with E-state index in [1.807, 2.05) is 44.2 Å². The minimum Gasteiger partial charge on any atom is -0.358 e. The van der Waals surface area contributed by atoms with Gasteiger partial charge in [0.25, 0.3) is 0 Å². The first-order valence-electron chi connectivity index (χ1n) is 5.18. The highest BCUT2D eigenvalue weighted by Gasteiger charge is 2.54. The van der Waals surface area contributed by atoms with Gasteiger partial charge in [-0.3, -0.25) is 4.79 Å². The first-order valence-corrected chi connectivity index (χ1v) is 5.97. The molecule has 0 aliphatic carbocycles. The largest absolute Gasteiger partial charge is 0.358 e. The SMILES string of the molecule is CC1OC1(C)C(=O)C=Cc1ccc(Br)cc1. The Labute approximate surface area is 103 Å². The Morgan fingerprint density at radius 3 is 2.50 bits per heavy atom. The lowest BCUT2D eigenvalue weighted by atomic mass is 10.0. The molecule has 3 heteroatoms. The molecule has 84 valence electrons. The minimum absolute atomic E-state index is 0.0305. The number of ketones is 1. The fourth-order valence-electron chi connectivity index (χ4n) is 1.50. The fraction of sp³-hybridized carbons (Fsp3) is 0.308. The molecular formula is C13H13BrO2. The molecule has 1 heterocycles. The highest BCUT2D eigenvalue weighted by Crippen LogP contribution is 2.36. The summed E-state index contributed by atoms with van der Waals surface area (Å²) >= 11 is 3.36. The molecule has 0 amide bonds. The minimum atomic E-state index is -0.591. The van der Waals surface area contributed by atoms with E-state index in [4.69, 9.17) is 4.74 Å². The summed E-state index contributed by atoms with van der Waals surface area (Å²) in [5.41, 5.74) is 0.416. The van der Waals surface area contributed by atoms with E-state index in [9.17, 15) is 4.79 Å². The van der Waals surface area contributed by atoms with Crippen molar-refractivity contribution in [2.45, 2.75) is 25.6 Å². The van der Waals surface area contributed by atoms with E-state index in [0.29, 0.717) is 0 Å². The van der Waals surface area contributed by atoms with Crippen molar-refractivity contribution in [2.75, 3.05) is 0 Å². The van der Waals surface area contributed by atoms with Crippen LogP contribution < -0.4 is 0 Å². The van der Waals surface area contributed by atoms with Crippen molar-refractivity contribution in [1.29, 1.82) is 0 Å². The molecule has 0 bridgehead atoms. The van der Waals surface area contributed by atoms with Gasteiger partial charge in [0.05, 0.1) is 6.10 Å². The summed E-state index contributed by atoms with van der Waals surface area (Å²) in [5.74, 6) is 0.0305. The van der Waals surface area contributed by atoms with Crippen LogP contribution in [0, 0.1) is 0 Å². The molecule has 1 aromatic carbocycles. The van der Waals surface area contributed by atoms with Gasteiger partial charge in [0.2, 0.25) is 0 Å². The Hall–Kier alpha value is -0.930. The molecule has 2 rings (SSSR count). The summed E-state index contributed by atoms with van der Waals surface area (Å²) in [4.78, 5) is 11.8. The summed E-state index contributed by atoms with van der Waals surface area (Å²) < 4.78 is 6.30. The maximum atomic E-state index is 11.8. The number of carbonyl (C=O) groups is 1. The molecule has 1 saturated heterocycles. The number of hydrogen-bond donors (Lipinski definition) is 0. The van der Waals surface area contributed by atoms with Crippen LogP contribution in [-0.2, 0) is 9.53 Å². The van der Waals surface area contributed by atoms with Gasteiger partial charge in [-0.2, -0.15) is 0 Å². The van der Waals surface area contributed by atoms with Crippen LogP contribution in [0.25, 0.3) is 6.08 Å². The first kappa shape index (κ1) is 11.6. The van der Waals surface area contributed by atoms with E-state index in [1.165, 1.54) is 0 Å². The molecule has 0 spiro atoms. The van der Waals surface area contributed by atoms with Gasteiger partial charge in [-0.25, -0.2) is 0 Å². The van der Waals surface area contributed by atoms with Crippen LogP contribution >= 0.6 is 15.9 Å². The molecule has 0 N–H and O–H groups in total. The summed E-state index contributed by atoms with van der Waals surface area (Å²) in [7, 11) is 0. The molecule has 0 saturated carbocycles. The van der Waals surface area contributed by atoms with E-state index in [0.717, 1.165) is 10.0 Å². The Morgan fingerprint density at radius 1 is 1.44 bits per heavy atom. The number of ether oxygens (including phenoxy) is 1. The maximum absolute atomic E-state index is 11.8. The molecule has 0 aromatic heterocycles. The number of carbonyl (C=O) groups excluding carboxylic acids is 1. The van der Waals surface area contributed by atoms with Gasteiger partial charge in [-0.05, 0) is 37.6 Å². The zero-order chi connectivity index (χ0) is 11.8. The van der Waals surface area contributed by atoms with Crippen molar-refractivity contribution in [1.82, 2.24) is 0 Å². The third-order valence-corrected chi connectivity index (χ3v) is 3.46. The van der Waals surface area contributed by atoms with Crippen molar-refractivity contribution in [2.24, 2.45) is 0 Å². The van der Waals surface area contributed by atoms with Crippen LogP contribution in [0.5, 0.6) is 0 Å². The molecule has 2 nitrogen and oxygen atoms in total. The topological polar surface area (TPSA) is 29.6 Å². The zero-order valence-electron chi connectivity index (χ0n) is 9.24. The average molecular weight is 281 g/mol. The van der Waals surface area contributed by atoms with Crippen LogP contribution in [0.2, 0.25) is 0 Å². The smallest absolute Gasteiger partial charge is 0.189 e. The molecule has 1 aliphatic heterocycles. The highest BCUT2D eigenvalue weighted by atomic mass is 79.9. The summed E-state index contributed by atoms with van der Waals surface area (Å²) in [6.07, 6.45) is 3.44. The van der Waals surface area contributed by atoms with Crippen LogP contribution in [0.4, 0.5) is 0 Å². The van der Waals surface area contributed by atoms with Gasteiger partial charge in [-0.15, -0.1) is 0 Å². The van der Waals surface area contributed by atoms with Crippen LogP contribution in [0.3, 0.4) is 0 Å². The number of rotatable bonds is 3. The second-order valence-corrected chi connectivity index (χ2v) is 5.03. The van der Waals surface area contributed by atoms with Crippen LogP contribution in [0.15, 0.2) is 34.8 Å². The predicted molar refractivity (Wildman–Crippen MR) is 67.1 cm³/mol. The molecule has 2 unspecified atom stereocenters. The van der Waals surface area contributed by atoms with Gasteiger partial charge >= 0.3 is 0 Å². The van der Waals surface area contributed by atoms with Gasteiger partial charge < -0.3 is 4.74 Å². The predicted octanol–water partition coefficient (Wildman–Crippen LogP) is 3.21. The number of hydrogen-bond acceptors (Lipinski definition) is 2. The standard InChI is InChI=1S/C13H13BrO2/c1-9-13(2,16-9)12(15)8-5-10-3-6-11(14)7-4-10/h3-9H,1-2H3. The van der Waals surface area contributed by atoms with Gasteiger partial charge in [0, 0.05) is 4.47 Å². The van der Waals surface area contributed by atoms with E-state index in [1.54, 1.807) is 6.08 Å². The van der Waals surface area contributed by atoms with E-state index in [2.05, 4.69) is 15.9 Å². The molecule has 0 radical (unpaired) electrons. The van der Waals surface area contributed by atoms with E-state index < -0.39 is 5.60 Å². The van der Waals surface area contributed by atoms with Crippen LogP contribution in [-0.4, -0.2) is 17.5 Å². The number of halogens is 1. The molecule has 1 aliphatic rings. The molecular weight excluding hydrogens is 268 g/mol. The summed E-state index contributed by atoms with van der Waals surface area (Å²) in [5, 5.41) is 0. The second-order valence-electron chi connectivity index (χ2n) is 4.12. The van der Waals surface area contributed by atoms with E-state index >= 15 is 0 Å². The van der Waals surface area contributed by atoms with Gasteiger partial charge in [0.15, 0.2) is 11.4 Å². The fourth-order valence-corrected chi connectivity index (χ4v) is 1.77. The molecule has 1 aromatic rings. The lowest BCUT2D eigenvalue weighted by Crippen LogP contribution is -2.20. The number of epoxide rings is 1. The van der Waals surface area contributed by atoms with Crippen molar-refractivity contribution < 1.29 is 9.53 Å². The van der Waals surface area contributed by atoms with Crippen molar-refractivity contribution in [3.63, 3.8) is 0 Å². The Balaban J connectivity index is 2.05. The van der Waals surface area contributed by atoms with Crippen molar-refractivity contribution >= 4 is 27.8 Å². The Morgan fingerprint density at radius 2 is 2.00 bits per heavy atom. The summed E-state index contributed by atoms with van der Waals surface area (Å²) in [6.45, 7) is 3.73. The Kier molecular flexibility index (Phi) is 3.00. The first-order chi connectivity index (χ1) is 7.52. The average Bonchev–Trinajstić information content (AvgIpc) is 2.87. The van der Waals surface area contributed by atoms with E-state index in [-0.39, 0.29) is 11.9 Å². The number of benzene rings is 1.